The van der Waals surface area contributed by atoms with Crippen LogP contribution >= 0.6 is 19.3 Å². The third kappa shape index (κ3) is 4.74. The molecule has 0 aromatic rings. The Balaban J connectivity index is 4.45. The van der Waals surface area contributed by atoms with E-state index in [1.54, 1.807) is 6.92 Å². The Morgan fingerprint density at radius 2 is 1.92 bits per heavy atom. The van der Waals surface area contributed by atoms with Gasteiger partial charge in [0.05, 0.1) is 0 Å². The van der Waals surface area contributed by atoms with Crippen LogP contribution in [0.3, 0.4) is 0 Å². The molecule has 5 heteroatoms. The molecule has 0 radical (unpaired) electrons. The number of halogens is 2. The monoisotopic (exact) mass is 290 g/mol. The Kier molecular flexibility index (Phi) is 4.81. The van der Waals surface area contributed by atoms with Gasteiger partial charge in [-0.05, 0) is 0 Å². The fourth-order valence-corrected chi connectivity index (χ4v) is 2.51. The van der Waals surface area contributed by atoms with Crippen molar-refractivity contribution in [2.75, 3.05) is 18.0 Å². The molecule has 0 spiro atoms. The summed E-state index contributed by atoms with van der Waals surface area (Å²) in [4.78, 5) is 2.96. The van der Waals surface area contributed by atoms with Crippen molar-refractivity contribution < 1.29 is 5.93 Å². The van der Waals surface area contributed by atoms with Gasteiger partial charge in [-0.2, -0.15) is 0 Å². The predicted octanol–water partition coefficient (Wildman–Crippen LogP) is 2.56. The molecule has 0 aliphatic rings. The second-order valence-corrected chi connectivity index (χ2v) is 6.70. The summed E-state index contributed by atoms with van der Waals surface area (Å²) in [6, 6.07) is 0. The fraction of sp³-hybridized carbons (Fsp3) is 0.857. The SMILES string of the molecule is CCN(CC)/C(C)=N/I(C)(=O)F. The second kappa shape index (κ2) is 4.84. The third-order valence-corrected chi connectivity index (χ3v) is 3.05. The molecule has 0 saturated heterocycles. The molecule has 0 aromatic heterocycles. The van der Waals surface area contributed by atoms with Crippen LogP contribution in [0.5, 0.6) is 0 Å². The molecule has 0 fully saturated rings. The first kappa shape index (κ1) is 11.9. The molecule has 0 amide bonds. The van der Waals surface area contributed by atoms with Crippen LogP contribution in [-0.2, 0) is 3.07 Å². The average molecular weight is 290 g/mol. The van der Waals surface area contributed by atoms with E-state index >= 15 is 0 Å². The summed E-state index contributed by atoms with van der Waals surface area (Å²) in [6.45, 7) is 7.13. The Hall–Kier alpha value is -0.0700. The summed E-state index contributed by atoms with van der Waals surface area (Å²) in [5.74, 6) is 0.538. The normalized spacial score (nSPS) is 19.9. The van der Waals surface area contributed by atoms with Gasteiger partial charge in [0.15, 0.2) is 0 Å². The van der Waals surface area contributed by atoms with Crippen LogP contribution in [0.15, 0.2) is 3.21 Å². The second-order valence-electron chi connectivity index (χ2n) is 2.46. The van der Waals surface area contributed by atoms with Crippen molar-refractivity contribution in [3.05, 3.63) is 0 Å². The maximum absolute atomic E-state index is 12.7. The minimum absolute atomic E-state index is 0.538. The fourth-order valence-electron chi connectivity index (χ4n) is 0.953. The van der Waals surface area contributed by atoms with Gasteiger partial charge in [-0.25, -0.2) is 0 Å². The number of alkyl halides is 1. The first-order valence-corrected chi connectivity index (χ1v) is 8.66. The van der Waals surface area contributed by atoms with E-state index < -0.39 is 19.3 Å². The molecule has 0 heterocycles. The van der Waals surface area contributed by atoms with Gasteiger partial charge in [-0.15, -0.1) is 0 Å². The van der Waals surface area contributed by atoms with Crippen LogP contribution in [0.4, 0.5) is 2.86 Å². The van der Waals surface area contributed by atoms with Gasteiger partial charge in [0.25, 0.3) is 0 Å². The van der Waals surface area contributed by atoms with Crippen molar-refractivity contribution in [2.45, 2.75) is 20.8 Å². The van der Waals surface area contributed by atoms with E-state index in [-0.39, 0.29) is 0 Å². The summed E-state index contributed by atoms with van der Waals surface area (Å²) >= 11 is -4.41. The Bertz CT molecular complexity index is 207. The van der Waals surface area contributed by atoms with Gasteiger partial charge in [-0.3, -0.25) is 0 Å². The molecule has 3 nitrogen and oxygen atoms in total. The van der Waals surface area contributed by atoms with Crippen LogP contribution in [0.2, 0.25) is 0 Å². The van der Waals surface area contributed by atoms with Crippen molar-refractivity contribution in [3.8, 4) is 0 Å². The Morgan fingerprint density at radius 1 is 1.50 bits per heavy atom. The standard InChI is InChI=1S/C7H16FIN2O/c1-5-11(6-2)7(3)10-9(4,8)12/h5-6H2,1-4H3/b10-7+. The molecule has 0 saturated carbocycles. The van der Waals surface area contributed by atoms with Crippen LogP contribution in [-0.4, -0.2) is 28.8 Å². The van der Waals surface area contributed by atoms with Gasteiger partial charge in [0.2, 0.25) is 0 Å². The molecule has 0 aliphatic carbocycles. The summed E-state index contributed by atoms with van der Waals surface area (Å²) in [5.41, 5.74) is 0. The zero-order chi connectivity index (χ0) is 9.78. The number of rotatable bonds is 3. The summed E-state index contributed by atoms with van der Waals surface area (Å²) < 4.78 is 27.0. The molecule has 0 bridgehead atoms. The van der Waals surface area contributed by atoms with Crippen molar-refractivity contribution >= 4 is 25.1 Å². The van der Waals surface area contributed by atoms with E-state index in [1.165, 1.54) is 0 Å². The van der Waals surface area contributed by atoms with E-state index in [0.29, 0.717) is 5.84 Å². The van der Waals surface area contributed by atoms with Crippen molar-refractivity contribution in [1.29, 1.82) is 0 Å². The van der Waals surface area contributed by atoms with Crippen molar-refractivity contribution in [1.82, 2.24) is 4.90 Å². The molecule has 74 valence electrons. The van der Waals surface area contributed by atoms with Gasteiger partial charge < -0.3 is 0 Å². The number of hydrogen-bond donors (Lipinski definition) is 0. The van der Waals surface area contributed by atoms with E-state index in [2.05, 4.69) is 3.21 Å². The van der Waals surface area contributed by atoms with Crippen molar-refractivity contribution in [3.63, 3.8) is 0 Å². The molecule has 0 N–H and O–H groups in total. The number of hydrogen-bond acceptors (Lipinski definition) is 1. The topological polar surface area (TPSA) is 32.7 Å². The molecule has 0 aliphatic heterocycles. The molecule has 0 aromatic carbocycles. The molecule has 1 unspecified atom stereocenters. The molecule has 1 atom stereocenters. The van der Waals surface area contributed by atoms with Gasteiger partial charge in [0.1, 0.15) is 0 Å². The summed E-state index contributed by atoms with van der Waals surface area (Å²) in [5, 5.41) is 0. The predicted molar refractivity (Wildman–Crippen MR) is 57.8 cm³/mol. The minimum atomic E-state index is -4.41. The van der Waals surface area contributed by atoms with E-state index in [0.717, 1.165) is 18.0 Å². The van der Waals surface area contributed by atoms with Crippen LogP contribution in [0.1, 0.15) is 20.8 Å². The molecule has 0 rings (SSSR count). The van der Waals surface area contributed by atoms with Crippen molar-refractivity contribution in [2.24, 2.45) is 3.21 Å². The quantitative estimate of drug-likeness (QED) is 0.346. The van der Waals surface area contributed by atoms with Crippen LogP contribution in [0, 0.1) is 0 Å². The Labute approximate surface area is 78.1 Å². The summed E-state index contributed by atoms with van der Waals surface area (Å²) in [7, 11) is 0. The Morgan fingerprint density at radius 3 is 2.17 bits per heavy atom. The first-order chi connectivity index (χ1) is 5.40. The first-order valence-electron chi connectivity index (χ1n) is 3.84. The van der Waals surface area contributed by atoms with E-state index in [4.69, 9.17) is 0 Å². The molecular weight excluding hydrogens is 274 g/mol. The van der Waals surface area contributed by atoms with E-state index in [1.807, 2.05) is 18.7 Å². The zero-order valence-electron chi connectivity index (χ0n) is 7.97. The van der Waals surface area contributed by atoms with Crippen LogP contribution < -0.4 is 0 Å². The summed E-state index contributed by atoms with van der Waals surface area (Å²) in [6.07, 6.45) is 0. The maximum atomic E-state index is 12.7. The van der Waals surface area contributed by atoms with Crippen LogP contribution in [0.25, 0.3) is 0 Å². The van der Waals surface area contributed by atoms with Gasteiger partial charge in [-0.1, -0.05) is 0 Å². The number of nitrogens with zero attached hydrogens (tertiary/aromatic N) is 2. The van der Waals surface area contributed by atoms with Gasteiger partial charge >= 0.3 is 77.9 Å². The van der Waals surface area contributed by atoms with Gasteiger partial charge in [0, 0.05) is 0 Å². The average Bonchev–Trinajstić information content (AvgIpc) is 1.85. The number of amidine groups is 1. The zero-order valence-corrected chi connectivity index (χ0v) is 10.1. The van der Waals surface area contributed by atoms with E-state index in [9.17, 15) is 5.93 Å². The molecular formula is C7H16FIN2O. The third-order valence-electron chi connectivity index (χ3n) is 1.49. The molecule has 12 heavy (non-hydrogen) atoms.